The van der Waals surface area contributed by atoms with Crippen LogP contribution in [-0.4, -0.2) is 49.3 Å². The average Bonchev–Trinajstić information content (AvgIpc) is 3.23. The van der Waals surface area contributed by atoms with Gasteiger partial charge in [0.1, 0.15) is 5.54 Å². The third-order valence-electron chi connectivity index (χ3n) is 4.29. The van der Waals surface area contributed by atoms with Crippen LogP contribution in [0.15, 0.2) is 0 Å². The number of nitriles is 1. The molecule has 0 radical (unpaired) electrons. The van der Waals surface area contributed by atoms with Crippen LogP contribution in [0.2, 0.25) is 0 Å². The molecule has 2 atom stereocenters. The highest BCUT2D eigenvalue weighted by molar-refractivity contribution is 5.07. The topological polar surface area (TPSA) is 48.3 Å². The molecular weight excluding hydrogens is 238 g/mol. The summed E-state index contributed by atoms with van der Waals surface area (Å²) in [5.41, 5.74) is -0.336. The second-order valence-electron chi connectivity index (χ2n) is 6.27. The van der Waals surface area contributed by atoms with Gasteiger partial charge in [-0.05, 0) is 58.5 Å². The van der Waals surface area contributed by atoms with Gasteiger partial charge in [0.25, 0.3) is 0 Å². The monoisotopic (exact) mass is 265 g/mol. The van der Waals surface area contributed by atoms with Crippen LogP contribution >= 0.6 is 0 Å². The third-order valence-corrected chi connectivity index (χ3v) is 4.29. The van der Waals surface area contributed by atoms with Gasteiger partial charge < -0.3 is 9.64 Å². The zero-order chi connectivity index (χ0) is 13.7. The van der Waals surface area contributed by atoms with E-state index in [0.29, 0.717) is 12.1 Å². The first-order valence-electron chi connectivity index (χ1n) is 7.59. The van der Waals surface area contributed by atoms with Crippen molar-refractivity contribution in [3.63, 3.8) is 0 Å². The van der Waals surface area contributed by atoms with E-state index in [4.69, 9.17) is 4.74 Å². The molecule has 4 heteroatoms. The Morgan fingerprint density at radius 3 is 2.84 bits per heavy atom. The predicted molar refractivity (Wildman–Crippen MR) is 75.9 cm³/mol. The SMILES string of the molecule is COC1CCCN(CCCC(C)(C#N)NC2CC2)C1. The third kappa shape index (κ3) is 4.76. The van der Waals surface area contributed by atoms with E-state index in [2.05, 4.69) is 16.3 Å². The minimum Gasteiger partial charge on any atom is -0.380 e. The minimum absolute atomic E-state index is 0.336. The van der Waals surface area contributed by atoms with Crippen molar-refractivity contribution in [3.05, 3.63) is 0 Å². The number of piperidine rings is 1. The summed E-state index contributed by atoms with van der Waals surface area (Å²) >= 11 is 0. The highest BCUT2D eigenvalue weighted by atomic mass is 16.5. The number of nitrogens with one attached hydrogen (secondary N) is 1. The van der Waals surface area contributed by atoms with Gasteiger partial charge in [-0.2, -0.15) is 5.26 Å². The fraction of sp³-hybridized carbons (Fsp3) is 0.933. The molecule has 1 aliphatic carbocycles. The highest BCUT2D eigenvalue weighted by Gasteiger charge is 2.32. The molecule has 1 N–H and O–H groups in total. The van der Waals surface area contributed by atoms with Crippen LogP contribution in [0, 0.1) is 11.3 Å². The van der Waals surface area contributed by atoms with Crippen molar-refractivity contribution in [3.8, 4) is 6.07 Å². The van der Waals surface area contributed by atoms with Crippen LogP contribution < -0.4 is 5.32 Å². The maximum atomic E-state index is 9.33. The molecule has 2 rings (SSSR count). The Balaban J connectivity index is 1.68. The van der Waals surface area contributed by atoms with Crippen LogP contribution in [0.25, 0.3) is 0 Å². The van der Waals surface area contributed by atoms with E-state index in [1.807, 2.05) is 6.92 Å². The van der Waals surface area contributed by atoms with Crippen LogP contribution in [-0.2, 0) is 4.74 Å². The largest absolute Gasteiger partial charge is 0.380 e. The maximum absolute atomic E-state index is 9.33. The standard InChI is InChI=1S/C15H27N3O/c1-15(12-16,17-13-6-7-13)8-4-10-18-9-3-5-14(11-18)19-2/h13-14,17H,3-11H2,1-2H3. The van der Waals surface area contributed by atoms with Crippen molar-refractivity contribution in [1.29, 1.82) is 5.26 Å². The molecule has 0 bridgehead atoms. The molecule has 1 saturated carbocycles. The summed E-state index contributed by atoms with van der Waals surface area (Å²) in [6.07, 6.45) is 7.31. The Labute approximate surface area is 117 Å². The summed E-state index contributed by atoms with van der Waals surface area (Å²) in [5.74, 6) is 0. The van der Waals surface area contributed by atoms with E-state index < -0.39 is 0 Å². The molecule has 2 fully saturated rings. The summed E-state index contributed by atoms with van der Waals surface area (Å²) in [4.78, 5) is 2.48. The Morgan fingerprint density at radius 1 is 1.42 bits per heavy atom. The molecular formula is C15H27N3O. The molecule has 1 aliphatic heterocycles. The summed E-state index contributed by atoms with van der Waals surface area (Å²) in [6, 6.07) is 3.05. The van der Waals surface area contributed by atoms with E-state index in [0.717, 1.165) is 25.9 Å². The highest BCUT2D eigenvalue weighted by Crippen LogP contribution is 2.24. The maximum Gasteiger partial charge on any atom is 0.104 e. The number of methoxy groups -OCH3 is 1. The lowest BCUT2D eigenvalue weighted by Crippen LogP contribution is -2.44. The Morgan fingerprint density at radius 2 is 2.21 bits per heavy atom. The fourth-order valence-corrected chi connectivity index (χ4v) is 2.90. The number of nitrogens with zero attached hydrogens (tertiary/aromatic N) is 2. The summed E-state index contributed by atoms with van der Waals surface area (Å²) in [5, 5.41) is 12.8. The van der Waals surface area contributed by atoms with Gasteiger partial charge in [-0.1, -0.05) is 0 Å². The molecule has 1 saturated heterocycles. The van der Waals surface area contributed by atoms with Gasteiger partial charge in [0.05, 0.1) is 12.2 Å². The summed E-state index contributed by atoms with van der Waals surface area (Å²) in [6.45, 7) is 5.36. The number of hydrogen-bond donors (Lipinski definition) is 1. The zero-order valence-electron chi connectivity index (χ0n) is 12.3. The predicted octanol–water partition coefficient (Wildman–Crippen LogP) is 1.91. The van der Waals surface area contributed by atoms with Crippen LogP contribution in [0.1, 0.15) is 45.4 Å². The second-order valence-corrected chi connectivity index (χ2v) is 6.27. The van der Waals surface area contributed by atoms with E-state index in [1.54, 1.807) is 7.11 Å². The quantitative estimate of drug-likeness (QED) is 0.764. The zero-order valence-corrected chi connectivity index (χ0v) is 12.3. The first-order valence-corrected chi connectivity index (χ1v) is 7.59. The van der Waals surface area contributed by atoms with Crippen molar-refractivity contribution < 1.29 is 4.74 Å². The van der Waals surface area contributed by atoms with Gasteiger partial charge in [-0.15, -0.1) is 0 Å². The summed E-state index contributed by atoms with van der Waals surface area (Å²) < 4.78 is 5.44. The van der Waals surface area contributed by atoms with Crippen LogP contribution in [0.5, 0.6) is 0 Å². The Hall–Kier alpha value is -0.630. The molecule has 0 spiro atoms. The smallest absolute Gasteiger partial charge is 0.104 e. The number of rotatable bonds is 7. The normalized spacial score (nSPS) is 27.7. The lowest BCUT2D eigenvalue weighted by molar-refractivity contribution is 0.0305. The van der Waals surface area contributed by atoms with Gasteiger partial charge >= 0.3 is 0 Å². The molecule has 19 heavy (non-hydrogen) atoms. The van der Waals surface area contributed by atoms with Crippen molar-refractivity contribution in [2.24, 2.45) is 0 Å². The van der Waals surface area contributed by atoms with Crippen molar-refractivity contribution in [2.45, 2.75) is 63.1 Å². The van der Waals surface area contributed by atoms with Crippen LogP contribution in [0.3, 0.4) is 0 Å². The van der Waals surface area contributed by atoms with Gasteiger partial charge in [0.2, 0.25) is 0 Å². The molecule has 108 valence electrons. The molecule has 1 heterocycles. The van der Waals surface area contributed by atoms with Gasteiger partial charge in [-0.3, -0.25) is 5.32 Å². The van der Waals surface area contributed by atoms with Crippen molar-refractivity contribution >= 4 is 0 Å². The minimum atomic E-state index is -0.336. The average molecular weight is 265 g/mol. The molecule has 4 nitrogen and oxygen atoms in total. The van der Waals surface area contributed by atoms with Crippen molar-refractivity contribution in [1.82, 2.24) is 10.2 Å². The van der Waals surface area contributed by atoms with Gasteiger partial charge in [0.15, 0.2) is 0 Å². The van der Waals surface area contributed by atoms with Crippen LogP contribution in [0.4, 0.5) is 0 Å². The number of likely N-dealkylation sites (tertiary alicyclic amines) is 1. The first-order chi connectivity index (χ1) is 9.15. The van der Waals surface area contributed by atoms with Crippen molar-refractivity contribution in [2.75, 3.05) is 26.7 Å². The van der Waals surface area contributed by atoms with E-state index >= 15 is 0 Å². The van der Waals surface area contributed by atoms with Gasteiger partial charge in [0, 0.05) is 19.7 Å². The lowest BCUT2D eigenvalue weighted by Gasteiger charge is -2.32. The molecule has 2 unspecified atom stereocenters. The Kier molecular flexibility index (Phi) is 5.20. The van der Waals surface area contributed by atoms with Gasteiger partial charge in [-0.25, -0.2) is 0 Å². The van der Waals surface area contributed by atoms with E-state index in [-0.39, 0.29) is 5.54 Å². The Bertz CT molecular complexity index is 324. The first kappa shape index (κ1) is 14.8. The second kappa shape index (κ2) is 6.69. The fourth-order valence-electron chi connectivity index (χ4n) is 2.90. The molecule has 0 aromatic rings. The number of hydrogen-bond acceptors (Lipinski definition) is 4. The van der Waals surface area contributed by atoms with E-state index in [9.17, 15) is 5.26 Å². The number of ether oxygens (including phenoxy) is 1. The molecule has 0 aromatic heterocycles. The molecule has 0 aromatic carbocycles. The van der Waals surface area contributed by atoms with E-state index in [1.165, 1.54) is 32.2 Å². The lowest BCUT2D eigenvalue weighted by atomic mass is 9.97. The molecule has 0 amide bonds. The molecule has 2 aliphatic rings. The summed E-state index contributed by atoms with van der Waals surface area (Å²) in [7, 11) is 1.81.